The van der Waals surface area contributed by atoms with Gasteiger partial charge in [0.1, 0.15) is 5.75 Å². The van der Waals surface area contributed by atoms with Crippen molar-refractivity contribution in [2.24, 2.45) is 0 Å². The van der Waals surface area contributed by atoms with Crippen LogP contribution in [0.15, 0.2) is 40.9 Å². The molecule has 0 bridgehead atoms. The fraction of sp³-hybridized carbons (Fsp3) is 0.333. The number of ether oxygens (including phenoxy) is 2. The minimum atomic E-state index is -0.0772. The van der Waals surface area contributed by atoms with Crippen LogP contribution in [0, 0.1) is 0 Å². The van der Waals surface area contributed by atoms with E-state index >= 15 is 0 Å². The summed E-state index contributed by atoms with van der Waals surface area (Å²) in [5.74, 6) is 0.886. The number of fused-ring (bicyclic) bond motifs is 1. The molecule has 2 aromatic carbocycles. The highest BCUT2D eigenvalue weighted by molar-refractivity contribution is 9.10. The van der Waals surface area contributed by atoms with Crippen molar-refractivity contribution in [1.82, 2.24) is 0 Å². The number of halogens is 1. The van der Waals surface area contributed by atoms with Gasteiger partial charge in [0.15, 0.2) is 6.29 Å². The molecular weight excluding hydrogens is 292 g/mol. The largest absolute Gasteiger partial charge is 0.465 e. The Balaban J connectivity index is 1.82. The van der Waals surface area contributed by atoms with E-state index < -0.39 is 0 Å². The maximum absolute atomic E-state index is 5.86. The summed E-state index contributed by atoms with van der Waals surface area (Å²) in [6.07, 6.45) is 3.24. The van der Waals surface area contributed by atoms with Crippen molar-refractivity contribution >= 4 is 26.7 Å². The lowest BCUT2D eigenvalue weighted by Crippen LogP contribution is -2.24. The van der Waals surface area contributed by atoms with Crippen LogP contribution < -0.4 is 4.74 Å². The fourth-order valence-electron chi connectivity index (χ4n) is 2.22. The molecule has 0 radical (unpaired) electrons. The van der Waals surface area contributed by atoms with Crippen LogP contribution >= 0.6 is 15.9 Å². The highest BCUT2D eigenvalue weighted by Crippen LogP contribution is 2.26. The van der Waals surface area contributed by atoms with Gasteiger partial charge in [-0.2, -0.15) is 0 Å². The Bertz CT molecular complexity index is 547. The van der Waals surface area contributed by atoms with Crippen LogP contribution in [0.2, 0.25) is 0 Å². The van der Waals surface area contributed by atoms with Crippen molar-refractivity contribution in [2.45, 2.75) is 25.6 Å². The summed E-state index contributed by atoms with van der Waals surface area (Å²) in [6, 6.07) is 12.4. The lowest BCUT2D eigenvalue weighted by molar-refractivity contribution is -0.105. The molecular formula is C15H15BrO2. The van der Waals surface area contributed by atoms with Crippen LogP contribution in [-0.4, -0.2) is 12.9 Å². The number of rotatable bonds is 2. The van der Waals surface area contributed by atoms with Crippen molar-refractivity contribution < 1.29 is 9.47 Å². The molecule has 18 heavy (non-hydrogen) atoms. The molecule has 1 saturated heterocycles. The summed E-state index contributed by atoms with van der Waals surface area (Å²) in [5.41, 5.74) is 0. The Morgan fingerprint density at radius 2 is 1.89 bits per heavy atom. The van der Waals surface area contributed by atoms with Gasteiger partial charge in [-0.25, -0.2) is 0 Å². The molecule has 0 aromatic heterocycles. The number of hydrogen-bond donors (Lipinski definition) is 0. The quantitative estimate of drug-likeness (QED) is 0.813. The zero-order valence-electron chi connectivity index (χ0n) is 10.1. The van der Waals surface area contributed by atoms with Gasteiger partial charge in [0.25, 0.3) is 0 Å². The zero-order chi connectivity index (χ0) is 12.4. The Labute approximate surface area is 115 Å². The van der Waals surface area contributed by atoms with Gasteiger partial charge in [-0.1, -0.05) is 28.1 Å². The van der Waals surface area contributed by atoms with Gasteiger partial charge in [-0.15, -0.1) is 0 Å². The van der Waals surface area contributed by atoms with E-state index in [0.717, 1.165) is 29.7 Å². The molecule has 1 unspecified atom stereocenters. The second kappa shape index (κ2) is 5.29. The van der Waals surface area contributed by atoms with E-state index in [1.54, 1.807) is 0 Å². The van der Waals surface area contributed by atoms with Crippen molar-refractivity contribution in [3.63, 3.8) is 0 Å². The number of hydrogen-bond acceptors (Lipinski definition) is 2. The summed E-state index contributed by atoms with van der Waals surface area (Å²) in [6.45, 7) is 0.811. The second-order valence-electron chi connectivity index (χ2n) is 4.57. The van der Waals surface area contributed by atoms with Crippen molar-refractivity contribution in [1.29, 1.82) is 0 Å². The van der Waals surface area contributed by atoms with E-state index in [9.17, 15) is 0 Å². The van der Waals surface area contributed by atoms with Crippen molar-refractivity contribution in [3.8, 4) is 5.75 Å². The molecule has 0 saturated carbocycles. The summed E-state index contributed by atoms with van der Waals surface area (Å²) in [4.78, 5) is 0. The lowest BCUT2D eigenvalue weighted by atomic mass is 10.1. The minimum absolute atomic E-state index is 0.0772. The molecule has 1 aliphatic heterocycles. The van der Waals surface area contributed by atoms with Crippen molar-refractivity contribution in [3.05, 3.63) is 40.9 Å². The molecule has 1 fully saturated rings. The Morgan fingerprint density at radius 3 is 2.72 bits per heavy atom. The van der Waals surface area contributed by atoms with Gasteiger partial charge < -0.3 is 9.47 Å². The first-order valence-electron chi connectivity index (χ1n) is 6.29. The molecule has 3 heteroatoms. The monoisotopic (exact) mass is 306 g/mol. The maximum Gasteiger partial charge on any atom is 0.199 e. The van der Waals surface area contributed by atoms with Crippen LogP contribution in [-0.2, 0) is 4.74 Å². The number of benzene rings is 2. The molecule has 0 aliphatic carbocycles. The van der Waals surface area contributed by atoms with E-state index in [4.69, 9.17) is 9.47 Å². The highest BCUT2D eigenvalue weighted by Gasteiger charge is 2.15. The molecule has 0 N–H and O–H groups in total. The van der Waals surface area contributed by atoms with Crippen LogP contribution in [0.1, 0.15) is 19.3 Å². The van der Waals surface area contributed by atoms with Crippen LogP contribution in [0.3, 0.4) is 0 Å². The first-order chi connectivity index (χ1) is 8.81. The molecule has 2 nitrogen and oxygen atoms in total. The first kappa shape index (κ1) is 12.0. The van der Waals surface area contributed by atoms with Crippen molar-refractivity contribution in [2.75, 3.05) is 6.61 Å². The second-order valence-corrected chi connectivity index (χ2v) is 5.48. The van der Waals surface area contributed by atoms with Gasteiger partial charge in [0.05, 0.1) is 6.61 Å². The van der Waals surface area contributed by atoms with Gasteiger partial charge in [0.2, 0.25) is 0 Å². The Morgan fingerprint density at radius 1 is 1.06 bits per heavy atom. The normalized spacial score (nSPS) is 19.9. The average Bonchev–Trinajstić information content (AvgIpc) is 2.40. The van der Waals surface area contributed by atoms with E-state index in [0.29, 0.717) is 0 Å². The Hall–Kier alpha value is -1.06. The molecule has 1 atom stereocenters. The molecule has 0 spiro atoms. The predicted octanol–water partition coefficient (Wildman–Crippen LogP) is 4.51. The average molecular weight is 307 g/mol. The van der Waals surface area contributed by atoms with Crippen LogP contribution in [0.5, 0.6) is 5.75 Å². The predicted molar refractivity (Wildman–Crippen MR) is 75.9 cm³/mol. The third-order valence-electron chi connectivity index (χ3n) is 3.18. The van der Waals surface area contributed by atoms with Gasteiger partial charge in [0, 0.05) is 10.9 Å². The fourth-order valence-corrected chi connectivity index (χ4v) is 2.60. The molecule has 1 heterocycles. The van der Waals surface area contributed by atoms with E-state index in [2.05, 4.69) is 40.2 Å². The van der Waals surface area contributed by atoms with E-state index in [1.165, 1.54) is 17.2 Å². The third kappa shape index (κ3) is 2.68. The summed E-state index contributed by atoms with van der Waals surface area (Å²) < 4.78 is 12.5. The van der Waals surface area contributed by atoms with Gasteiger partial charge in [-0.3, -0.25) is 0 Å². The maximum atomic E-state index is 5.86. The summed E-state index contributed by atoms with van der Waals surface area (Å²) in [5, 5.41) is 2.40. The Kier molecular flexibility index (Phi) is 3.52. The third-order valence-corrected chi connectivity index (χ3v) is 3.67. The van der Waals surface area contributed by atoms with Crippen LogP contribution in [0.4, 0.5) is 0 Å². The van der Waals surface area contributed by atoms with E-state index in [-0.39, 0.29) is 6.29 Å². The zero-order valence-corrected chi connectivity index (χ0v) is 11.7. The lowest BCUT2D eigenvalue weighted by Gasteiger charge is -2.23. The molecule has 3 rings (SSSR count). The molecule has 1 aliphatic rings. The summed E-state index contributed by atoms with van der Waals surface area (Å²) in [7, 11) is 0. The topological polar surface area (TPSA) is 18.5 Å². The summed E-state index contributed by atoms with van der Waals surface area (Å²) >= 11 is 3.48. The molecule has 2 aromatic rings. The smallest absolute Gasteiger partial charge is 0.199 e. The molecule has 94 valence electrons. The molecule has 0 amide bonds. The van der Waals surface area contributed by atoms with E-state index in [1.807, 2.05) is 12.1 Å². The standard InChI is InChI=1S/C15H15BrO2/c16-13-6-4-12-10-14(7-5-11(12)9-13)18-15-3-1-2-8-17-15/h4-7,9-10,15H,1-3,8H2. The minimum Gasteiger partial charge on any atom is -0.465 e. The van der Waals surface area contributed by atoms with Crippen LogP contribution in [0.25, 0.3) is 10.8 Å². The highest BCUT2D eigenvalue weighted by atomic mass is 79.9. The van der Waals surface area contributed by atoms with Gasteiger partial charge >= 0.3 is 0 Å². The van der Waals surface area contributed by atoms with Gasteiger partial charge in [-0.05, 0) is 47.9 Å². The first-order valence-corrected chi connectivity index (χ1v) is 7.08. The SMILES string of the molecule is Brc1ccc2cc(OC3CCCCO3)ccc2c1.